The second-order valence-corrected chi connectivity index (χ2v) is 2.56. The molecule has 0 saturated carbocycles. The molecule has 11 heavy (non-hydrogen) atoms. The van der Waals surface area contributed by atoms with Crippen molar-refractivity contribution in [1.82, 2.24) is 4.90 Å². The minimum atomic E-state index is -2.67. The first kappa shape index (κ1) is 13.9. The Balaban J connectivity index is 0. The van der Waals surface area contributed by atoms with Crippen LogP contribution in [0.5, 0.6) is 0 Å². The number of likely N-dealkylation sites (N-methyl/N-ethyl adjacent to an activating group) is 1. The van der Waals surface area contributed by atoms with E-state index in [1.807, 2.05) is 0 Å². The lowest BCUT2D eigenvalue weighted by Gasteiger charge is -2.11. The van der Waals surface area contributed by atoms with Crippen molar-refractivity contribution in [1.29, 1.82) is 0 Å². The highest BCUT2D eigenvalue weighted by atomic mass is 35.5. The molecule has 0 amide bonds. The van der Waals surface area contributed by atoms with Crippen LogP contribution in [0.2, 0.25) is 0 Å². The minimum Gasteiger partial charge on any atom is -0.322 e. The maximum absolute atomic E-state index is 12.4. The van der Waals surface area contributed by atoms with Gasteiger partial charge in [0.15, 0.2) is 0 Å². The Hall–Kier alpha value is 0.360. The van der Waals surface area contributed by atoms with E-state index in [1.54, 1.807) is 7.05 Å². The number of likely N-dealkylation sites (tertiary alicyclic amines) is 1. The zero-order valence-corrected chi connectivity index (χ0v) is 7.72. The number of halogens is 4. The van der Waals surface area contributed by atoms with Gasteiger partial charge in [0.25, 0.3) is 5.92 Å². The molecule has 0 aliphatic carbocycles. The van der Waals surface area contributed by atoms with E-state index in [0.29, 0.717) is 6.54 Å². The fourth-order valence-corrected chi connectivity index (χ4v) is 1.01. The van der Waals surface area contributed by atoms with Crippen LogP contribution in [-0.2, 0) is 0 Å². The molecule has 1 rings (SSSR count). The average Bonchev–Trinajstić information content (AvgIpc) is 1.79. The lowest BCUT2D eigenvalue weighted by Crippen LogP contribution is -2.38. The third-order valence-corrected chi connectivity index (χ3v) is 1.53. The normalized spacial score (nSPS) is 28.9. The van der Waals surface area contributed by atoms with Gasteiger partial charge in [0.2, 0.25) is 0 Å². The Morgan fingerprint density at radius 3 is 2.00 bits per heavy atom. The molecule has 1 aliphatic rings. The van der Waals surface area contributed by atoms with Crippen molar-refractivity contribution in [3.8, 4) is 0 Å². The summed E-state index contributed by atoms with van der Waals surface area (Å²) in [4.78, 5) is 1.53. The first-order chi connectivity index (χ1) is 4.02. The zero-order chi connectivity index (χ0) is 7.07. The Morgan fingerprint density at radius 1 is 1.45 bits per heavy atom. The molecule has 70 valence electrons. The van der Waals surface area contributed by atoms with E-state index in [-0.39, 0.29) is 31.4 Å². The summed E-state index contributed by atoms with van der Waals surface area (Å²) in [5.41, 5.74) is 5.11. The fourth-order valence-electron chi connectivity index (χ4n) is 1.01. The van der Waals surface area contributed by atoms with Gasteiger partial charge in [0.05, 0.1) is 12.6 Å². The number of hydrogen-bond acceptors (Lipinski definition) is 2. The highest BCUT2D eigenvalue weighted by Crippen LogP contribution is 2.24. The van der Waals surface area contributed by atoms with Gasteiger partial charge in [-0.2, -0.15) is 0 Å². The second kappa shape index (κ2) is 4.40. The van der Waals surface area contributed by atoms with Gasteiger partial charge in [-0.05, 0) is 7.05 Å². The lowest BCUT2D eigenvalue weighted by molar-refractivity contribution is 0.000960. The monoisotopic (exact) mass is 208 g/mol. The molecule has 1 atom stereocenters. The number of hydrogen-bond donors (Lipinski definition) is 1. The standard InChI is InChI=1S/C5H10F2N2.2ClH/c1-9-2-4(8)5(6,7)3-9;;/h4H,2-3,8H2,1H3;2*1H. The van der Waals surface area contributed by atoms with E-state index in [2.05, 4.69) is 0 Å². The molecular formula is C5H12Cl2F2N2. The summed E-state index contributed by atoms with van der Waals surface area (Å²) in [5.74, 6) is -2.67. The highest BCUT2D eigenvalue weighted by molar-refractivity contribution is 5.85. The fraction of sp³-hybridized carbons (Fsp3) is 1.00. The molecule has 6 heteroatoms. The van der Waals surface area contributed by atoms with Gasteiger partial charge in [-0.1, -0.05) is 0 Å². The molecule has 1 unspecified atom stereocenters. The van der Waals surface area contributed by atoms with Gasteiger partial charge in [-0.25, -0.2) is 8.78 Å². The minimum absolute atomic E-state index is 0. The van der Waals surface area contributed by atoms with Crippen molar-refractivity contribution in [2.24, 2.45) is 5.73 Å². The molecule has 1 fully saturated rings. The maximum atomic E-state index is 12.4. The third-order valence-electron chi connectivity index (χ3n) is 1.53. The average molecular weight is 209 g/mol. The van der Waals surface area contributed by atoms with E-state index in [0.717, 1.165) is 0 Å². The molecule has 0 spiro atoms. The van der Waals surface area contributed by atoms with Gasteiger partial charge in [-0.3, -0.25) is 4.90 Å². The molecule has 0 radical (unpaired) electrons. The predicted octanol–water partition coefficient (Wildman–Crippen LogP) is 0.738. The Labute approximate surface area is 76.9 Å². The van der Waals surface area contributed by atoms with E-state index >= 15 is 0 Å². The predicted molar refractivity (Wildman–Crippen MR) is 44.9 cm³/mol. The van der Waals surface area contributed by atoms with Crippen LogP contribution in [0, 0.1) is 0 Å². The van der Waals surface area contributed by atoms with Crippen LogP contribution in [0.1, 0.15) is 0 Å². The van der Waals surface area contributed by atoms with E-state index < -0.39 is 12.0 Å². The number of nitrogens with zero attached hydrogens (tertiary/aromatic N) is 1. The Bertz CT molecular complexity index is 123. The number of nitrogens with two attached hydrogens (primary N) is 1. The van der Waals surface area contributed by atoms with Crippen molar-refractivity contribution >= 4 is 24.8 Å². The topological polar surface area (TPSA) is 29.3 Å². The summed E-state index contributed by atoms with van der Waals surface area (Å²) in [7, 11) is 1.64. The van der Waals surface area contributed by atoms with E-state index in [4.69, 9.17) is 5.73 Å². The summed E-state index contributed by atoms with van der Waals surface area (Å²) >= 11 is 0. The van der Waals surface area contributed by atoms with Crippen LogP contribution in [0.25, 0.3) is 0 Å². The van der Waals surface area contributed by atoms with Crippen LogP contribution >= 0.6 is 24.8 Å². The van der Waals surface area contributed by atoms with E-state index in [1.165, 1.54) is 4.90 Å². The van der Waals surface area contributed by atoms with Gasteiger partial charge in [-0.15, -0.1) is 24.8 Å². The smallest absolute Gasteiger partial charge is 0.276 e. The molecule has 0 aromatic heterocycles. The first-order valence-electron chi connectivity index (χ1n) is 2.84. The third kappa shape index (κ3) is 3.07. The van der Waals surface area contributed by atoms with Crippen molar-refractivity contribution < 1.29 is 8.78 Å². The summed E-state index contributed by atoms with van der Waals surface area (Å²) in [6.45, 7) is 0.0984. The maximum Gasteiger partial charge on any atom is 0.276 e. The highest BCUT2D eigenvalue weighted by Gasteiger charge is 2.44. The quantitative estimate of drug-likeness (QED) is 0.637. The summed E-state index contributed by atoms with van der Waals surface area (Å²) in [6.07, 6.45) is 0. The van der Waals surface area contributed by atoms with Crippen LogP contribution in [-0.4, -0.2) is 37.0 Å². The summed E-state index contributed by atoms with van der Waals surface area (Å²) < 4.78 is 24.8. The van der Waals surface area contributed by atoms with Crippen LogP contribution in [0.4, 0.5) is 8.78 Å². The molecule has 0 aromatic carbocycles. The molecule has 1 saturated heterocycles. The van der Waals surface area contributed by atoms with Crippen molar-refractivity contribution in [2.75, 3.05) is 20.1 Å². The van der Waals surface area contributed by atoms with Crippen molar-refractivity contribution in [3.05, 3.63) is 0 Å². The van der Waals surface area contributed by atoms with Gasteiger partial charge in [0, 0.05) is 6.54 Å². The first-order valence-corrected chi connectivity index (χ1v) is 2.84. The van der Waals surface area contributed by atoms with Crippen molar-refractivity contribution in [2.45, 2.75) is 12.0 Å². The zero-order valence-electron chi connectivity index (χ0n) is 6.09. The van der Waals surface area contributed by atoms with E-state index in [9.17, 15) is 8.78 Å². The number of rotatable bonds is 0. The molecule has 2 nitrogen and oxygen atoms in total. The van der Waals surface area contributed by atoms with Crippen LogP contribution in [0.3, 0.4) is 0 Å². The van der Waals surface area contributed by atoms with Crippen LogP contribution < -0.4 is 5.73 Å². The second-order valence-electron chi connectivity index (χ2n) is 2.56. The van der Waals surface area contributed by atoms with Crippen molar-refractivity contribution in [3.63, 3.8) is 0 Å². The number of alkyl halides is 2. The summed E-state index contributed by atoms with van der Waals surface area (Å²) in [6, 6.07) is -0.970. The SMILES string of the molecule is CN1CC(N)C(F)(F)C1.Cl.Cl. The summed E-state index contributed by atoms with van der Waals surface area (Å²) in [5, 5.41) is 0. The molecule has 1 heterocycles. The Kier molecular flexibility index (Phi) is 5.57. The van der Waals surface area contributed by atoms with Crippen LogP contribution in [0.15, 0.2) is 0 Å². The largest absolute Gasteiger partial charge is 0.322 e. The molecule has 2 N–H and O–H groups in total. The molecule has 0 bridgehead atoms. The van der Waals surface area contributed by atoms with Gasteiger partial charge in [0.1, 0.15) is 0 Å². The Morgan fingerprint density at radius 2 is 1.91 bits per heavy atom. The molecule has 0 aromatic rings. The van der Waals surface area contributed by atoms with Gasteiger partial charge >= 0.3 is 0 Å². The van der Waals surface area contributed by atoms with Gasteiger partial charge < -0.3 is 5.73 Å². The lowest BCUT2D eigenvalue weighted by atomic mass is 10.2. The molecular weight excluding hydrogens is 197 g/mol. The molecule has 1 aliphatic heterocycles.